The van der Waals surface area contributed by atoms with Gasteiger partial charge in [0.25, 0.3) is 0 Å². The zero-order valence-corrected chi connectivity index (χ0v) is 12.5. The maximum absolute atomic E-state index is 5.89. The summed E-state index contributed by atoms with van der Waals surface area (Å²) in [7, 11) is 0. The van der Waals surface area contributed by atoms with Gasteiger partial charge in [-0.05, 0) is 48.7 Å². The fourth-order valence-corrected chi connectivity index (χ4v) is 2.38. The summed E-state index contributed by atoms with van der Waals surface area (Å²) in [4.78, 5) is 4.55. The van der Waals surface area contributed by atoms with E-state index >= 15 is 0 Å². The fraction of sp³-hybridized carbons (Fsp3) is 0.188. The van der Waals surface area contributed by atoms with Crippen molar-refractivity contribution in [3.63, 3.8) is 0 Å². The molecule has 0 bridgehead atoms. The van der Waals surface area contributed by atoms with Crippen LogP contribution in [-0.2, 0) is 6.42 Å². The number of halogens is 1. The third-order valence-corrected chi connectivity index (χ3v) is 3.92. The second kappa shape index (κ2) is 4.82. The van der Waals surface area contributed by atoms with E-state index in [0.29, 0.717) is 0 Å². The monoisotopic (exact) mass is 315 g/mol. The first-order valence-electron chi connectivity index (χ1n) is 6.23. The minimum absolute atomic E-state index is 0.723. The lowest BCUT2D eigenvalue weighted by atomic mass is 10.1. The van der Waals surface area contributed by atoms with Crippen LogP contribution >= 0.6 is 15.9 Å². The summed E-state index contributed by atoms with van der Waals surface area (Å²) in [6.07, 6.45) is 0.723. The van der Waals surface area contributed by atoms with Crippen LogP contribution in [-0.4, -0.2) is 4.98 Å². The molecule has 0 radical (unpaired) electrons. The lowest BCUT2D eigenvalue weighted by molar-refractivity contribution is 0.542. The zero-order chi connectivity index (χ0) is 13.4. The first kappa shape index (κ1) is 12.4. The lowest BCUT2D eigenvalue weighted by Gasteiger charge is -1.98. The number of hydrogen-bond acceptors (Lipinski definition) is 2. The molecule has 2 aromatic carbocycles. The summed E-state index contributed by atoms with van der Waals surface area (Å²) in [5, 5.41) is 0. The van der Waals surface area contributed by atoms with Crippen LogP contribution in [0.15, 0.2) is 45.3 Å². The Balaban J connectivity index is 1.97. The third-order valence-electron chi connectivity index (χ3n) is 3.39. The van der Waals surface area contributed by atoms with E-state index in [1.54, 1.807) is 0 Å². The molecule has 3 heteroatoms. The van der Waals surface area contributed by atoms with Gasteiger partial charge in [0.05, 0.1) is 0 Å². The van der Waals surface area contributed by atoms with Crippen LogP contribution in [0.5, 0.6) is 0 Å². The quantitative estimate of drug-likeness (QED) is 0.679. The van der Waals surface area contributed by atoms with Gasteiger partial charge in [0.1, 0.15) is 5.52 Å². The second-order valence-electron chi connectivity index (χ2n) is 4.77. The van der Waals surface area contributed by atoms with Crippen molar-refractivity contribution in [1.82, 2.24) is 4.98 Å². The van der Waals surface area contributed by atoms with Gasteiger partial charge in [-0.25, -0.2) is 4.98 Å². The van der Waals surface area contributed by atoms with Crippen molar-refractivity contribution < 1.29 is 4.42 Å². The minimum Gasteiger partial charge on any atom is -0.440 e. The molecule has 0 fully saturated rings. The first-order chi connectivity index (χ1) is 9.13. The van der Waals surface area contributed by atoms with Gasteiger partial charge in [-0.1, -0.05) is 34.1 Å². The molecular weight excluding hydrogens is 302 g/mol. The van der Waals surface area contributed by atoms with Crippen molar-refractivity contribution in [1.29, 1.82) is 0 Å². The average Bonchev–Trinajstić information content (AvgIpc) is 2.80. The third kappa shape index (κ3) is 2.43. The summed E-state index contributed by atoms with van der Waals surface area (Å²) in [5.74, 6) is 0.769. The Bertz CT molecular complexity index is 728. The highest BCUT2D eigenvalue weighted by molar-refractivity contribution is 9.10. The number of nitrogens with zero attached hydrogens (tertiary/aromatic N) is 1. The van der Waals surface area contributed by atoms with Crippen molar-refractivity contribution in [2.24, 2.45) is 0 Å². The smallest absolute Gasteiger partial charge is 0.199 e. The number of benzene rings is 2. The normalized spacial score (nSPS) is 11.1. The van der Waals surface area contributed by atoms with E-state index in [0.717, 1.165) is 27.9 Å². The Morgan fingerprint density at radius 1 is 1.05 bits per heavy atom. The van der Waals surface area contributed by atoms with Gasteiger partial charge >= 0.3 is 0 Å². The summed E-state index contributed by atoms with van der Waals surface area (Å²) in [6.45, 7) is 4.16. The van der Waals surface area contributed by atoms with Crippen LogP contribution in [0, 0.1) is 13.8 Å². The van der Waals surface area contributed by atoms with E-state index in [4.69, 9.17) is 4.42 Å². The van der Waals surface area contributed by atoms with Gasteiger partial charge in [-0.3, -0.25) is 0 Å². The minimum atomic E-state index is 0.723. The number of hydrogen-bond donors (Lipinski definition) is 0. The highest BCUT2D eigenvalue weighted by Gasteiger charge is 2.09. The molecule has 0 unspecified atom stereocenters. The van der Waals surface area contributed by atoms with Crippen molar-refractivity contribution in [3.8, 4) is 0 Å². The van der Waals surface area contributed by atoms with E-state index in [-0.39, 0.29) is 0 Å². The van der Waals surface area contributed by atoms with Crippen LogP contribution in [0.25, 0.3) is 11.1 Å². The number of oxazole rings is 1. The molecule has 19 heavy (non-hydrogen) atoms. The molecule has 0 atom stereocenters. The molecule has 2 nitrogen and oxygen atoms in total. The van der Waals surface area contributed by atoms with Gasteiger partial charge in [0, 0.05) is 10.9 Å². The first-order valence-corrected chi connectivity index (χ1v) is 7.03. The van der Waals surface area contributed by atoms with Gasteiger partial charge < -0.3 is 4.42 Å². The summed E-state index contributed by atoms with van der Waals surface area (Å²) in [6, 6.07) is 12.3. The standard InChI is InChI=1S/C16H14BrNO/c1-10-3-8-14-16(11(10)2)19-15(18-14)9-12-4-6-13(17)7-5-12/h3-8H,9H2,1-2H3. The molecule has 0 saturated carbocycles. The van der Waals surface area contributed by atoms with Gasteiger partial charge in [-0.15, -0.1) is 0 Å². The molecule has 3 aromatic rings. The Hall–Kier alpha value is -1.61. The van der Waals surface area contributed by atoms with Crippen LogP contribution in [0.3, 0.4) is 0 Å². The topological polar surface area (TPSA) is 26.0 Å². The maximum Gasteiger partial charge on any atom is 0.199 e. The Morgan fingerprint density at radius 3 is 2.53 bits per heavy atom. The van der Waals surface area contributed by atoms with Crippen LogP contribution < -0.4 is 0 Å². The summed E-state index contributed by atoms with van der Waals surface area (Å²) >= 11 is 3.44. The average molecular weight is 316 g/mol. The Labute approximate surface area is 120 Å². The molecule has 0 aliphatic carbocycles. The predicted octanol–water partition coefficient (Wildman–Crippen LogP) is 4.80. The molecular formula is C16H14BrNO. The summed E-state index contributed by atoms with van der Waals surface area (Å²) in [5.41, 5.74) is 5.46. The predicted molar refractivity (Wildman–Crippen MR) is 80.4 cm³/mol. The second-order valence-corrected chi connectivity index (χ2v) is 5.68. The number of fused-ring (bicyclic) bond motifs is 1. The molecule has 96 valence electrons. The van der Waals surface area contributed by atoms with Crippen LogP contribution in [0.4, 0.5) is 0 Å². The molecule has 0 aliphatic rings. The van der Waals surface area contributed by atoms with Crippen molar-refractivity contribution in [3.05, 3.63) is 63.5 Å². The van der Waals surface area contributed by atoms with E-state index in [9.17, 15) is 0 Å². The van der Waals surface area contributed by atoms with E-state index in [1.807, 2.05) is 18.2 Å². The Morgan fingerprint density at radius 2 is 1.79 bits per heavy atom. The fourth-order valence-electron chi connectivity index (χ4n) is 2.12. The highest BCUT2D eigenvalue weighted by atomic mass is 79.9. The molecule has 0 N–H and O–H groups in total. The molecule has 0 amide bonds. The van der Waals surface area contributed by atoms with E-state index in [1.165, 1.54) is 16.7 Å². The van der Waals surface area contributed by atoms with Gasteiger partial charge in [0.15, 0.2) is 11.5 Å². The van der Waals surface area contributed by atoms with E-state index < -0.39 is 0 Å². The van der Waals surface area contributed by atoms with Crippen molar-refractivity contribution in [2.75, 3.05) is 0 Å². The highest BCUT2D eigenvalue weighted by Crippen LogP contribution is 2.23. The largest absolute Gasteiger partial charge is 0.440 e. The Kier molecular flexibility index (Phi) is 3.15. The van der Waals surface area contributed by atoms with E-state index in [2.05, 4.69) is 53.0 Å². The van der Waals surface area contributed by atoms with Crippen molar-refractivity contribution >= 4 is 27.0 Å². The SMILES string of the molecule is Cc1ccc2nc(Cc3ccc(Br)cc3)oc2c1C. The maximum atomic E-state index is 5.89. The van der Waals surface area contributed by atoms with Crippen molar-refractivity contribution in [2.45, 2.75) is 20.3 Å². The number of aryl methyl sites for hydroxylation is 2. The van der Waals surface area contributed by atoms with Crippen LogP contribution in [0.1, 0.15) is 22.6 Å². The molecule has 0 aliphatic heterocycles. The zero-order valence-electron chi connectivity index (χ0n) is 10.9. The summed E-state index contributed by atoms with van der Waals surface area (Å²) < 4.78 is 6.97. The number of aromatic nitrogens is 1. The van der Waals surface area contributed by atoms with Gasteiger partial charge in [0.2, 0.25) is 0 Å². The number of rotatable bonds is 2. The lowest BCUT2D eigenvalue weighted by Crippen LogP contribution is -1.87. The molecule has 1 heterocycles. The van der Waals surface area contributed by atoms with Crippen LogP contribution in [0.2, 0.25) is 0 Å². The molecule has 1 aromatic heterocycles. The molecule has 0 spiro atoms. The molecule has 0 saturated heterocycles. The molecule has 3 rings (SSSR count). The van der Waals surface area contributed by atoms with Gasteiger partial charge in [-0.2, -0.15) is 0 Å².